The van der Waals surface area contributed by atoms with Crippen molar-refractivity contribution in [2.75, 3.05) is 18.4 Å². The van der Waals surface area contributed by atoms with Crippen LogP contribution >= 0.6 is 0 Å². The van der Waals surface area contributed by atoms with Crippen LogP contribution in [0.3, 0.4) is 0 Å². The summed E-state index contributed by atoms with van der Waals surface area (Å²) < 4.78 is 1.73. The lowest BCUT2D eigenvalue weighted by atomic mass is 10.0. The van der Waals surface area contributed by atoms with Gasteiger partial charge < -0.3 is 10.6 Å². The van der Waals surface area contributed by atoms with Gasteiger partial charge in [0.1, 0.15) is 0 Å². The van der Waals surface area contributed by atoms with Gasteiger partial charge in [-0.3, -0.25) is 19.2 Å². The van der Waals surface area contributed by atoms with E-state index in [4.69, 9.17) is 0 Å². The van der Waals surface area contributed by atoms with E-state index in [1.807, 2.05) is 37.4 Å². The molecule has 0 radical (unpaired) electrons. The van der Waals surface area contributed by atoms with Crippen molar-refractivity contribution in [3.8, 4) is 0 Å². The summed E-state index contributed by atoms with van der Waals surface area (Å²) in [6.45, 7) is 2.34. The molecular weight excluding hydrogens is 378 g/mol. The predicted molar refractivity (Wildman–Crippen MR) is 117 cm³/mol. The van der Waals surface area contributed by atoms with Gasteiger partial charge in [-0.15, -0.1) is 0 Å². The molecule has 0 bridgehead atoms. The fourth-order valence-electron chi connectivity index (χ4n) is 4.02. The summed E-state index contributed by atoms with van der Waals surface area (Å²) in [6.07, 6.45) is 5.09. The van der Waals surface area contributed by atoms with E-state index < -0.39 is 11.8 Å². The summed E-state index contributed by atoms with van der Waals surface area (Å²) in [5.41, 5.74) is 2.74. The molecule has 1 saturated heterocycles. The third-order valence-electron chi connectivity index (χ3n) is 5.69. The monoisotopic (exact) mass is 405 g/mol. The molecule has 1 aliphatic heterocycles. The van der Waals surface area contributed by atoms with Crippen LogP contribution in [0, 0.1) is 0 Å². The Balaban J connectivity index is 1.33. The third kappa shape index (κ3) is 4.68. The van der Waals surface area contributed by atoms with Crippen LogP contribution in [-0.4, -0.2) is 45.6 Å². The van der Waals surface area contributed by atoms with Crippen molar-refractivity contribution < 1.29 is 9.59 Å². The Bertz CT molecular complexity index is 1030. The SMILES string of the molecule is Cn1ncc2ccc(NC(=O)C(=O)NCC3CCCCN3Cc3ccccc3)cc21. The number of nitrogens with zero attached hydrogens (tertiary/aromatic N) is 3. The summed E-state index contributed by atoms with van der Waals surface area (Å²) in [5.74, 6) is -1.26. The smallest absolute Gasteiger partial charge is 0.313 e. The van der Waals surface area contributed by atoms with Gasteiger partial charge in [-0.25, -0.2) is 0 Å². The second-order valence-corrected chi connectivity index (χ2v) is 7.81. The summed E-state index contributed by atoms with van der Waals surface area (Å²) in [4.78, 5) is 27.1. The standard InChI is InChI=1S/C23H27N5O2/c1-27-21-13-19(11-10-18(21)14-25-27)26-23(30)22(29)24-15-20-9-5-6-12-28(20)16-17-7-3-2-4-8-17/h2-4,7-8,10-11,13-14,20H,5-6,9,12,15-16H2,1H3,(H,24,29)(H,26,30). The Labute approximate surface area is 176 Å². The molecule has 1 fully saturated rings. The predicted octanol–water partition coefficient (Wildman–Crippen LogP) is 2.68. The van der Waals surface area contributed by atoms with Crippen LogP contribution in [0.2, 0.25) is 0 Å². The highest BCUT2D eigenvalue weighted by Gasteiger charge is 2.24. The second kappa shape index (κ2) is 9.09. The molecule has 156 valence electrons. The highest BCUT2D eigenvalue weighted by molar-refractivity contribution is 6.39. The quantitative estimate of drug-likeness (QED) is 0.640. The Morgan fingerprint density at radius 1 is 1.10 bits per heavy atom. The van der Waals surface area contributed by atoms with Gasteiger partial charge in [0.25, 0.3) is 0 Å². The fourth-order valence-corrected chi connectivity index (χ4v) is 4.02. The average molecular weight is 406 g/mol. The lowest BCUT2D eigenvalue weighted by molar-refractivity contribution is -0.136. The van der Waals surface area contributed by atoms with E-state index in [9.17, 15) is 9.59 Å². The van der Waals surface area contributed by atoms with Gasteiger partial charge in [-0.05, 0) is 43.1 Å². The maximum atomic E-state index is 12.4. The normalized spacial score (nSPS) is 17.0. The van der Waals surface area contributed by atoms with Crippen LogP contribution in [0.4, 0.5) is 5.69 Å². The molecule has 7 nitrogen and oxygen atoms in total. The zero-order valence-corrected chi connectivity index (χ0v) is 17.2. The van der Waals surface area contributed by atoms with E-state index >= 15 is 0 Å². The number of fused-ring (bicyclic) bond motifs is 1. The first-order valence-corrected chi connectivity index (χ1v) is 10.4. The van der Waals surface area contributed by atoms with Gasteiger partial charge >= 0.3 is 11.8 Å². The minimum Gasteiger partial charge on any atom is -0.346 e. The first-order valence-electron chi connectivity index (χ1n) is 10.4. The molecule has 0 aliphatic carbocycles. The van der Waals surface area contributed by atoms with E-state index in [1.165, 1.54) is 5.56 Å². The van der Waals surface area contributed by atoms with Crippen LogP contribution in [0.15, 0.2) is 54.7 Å². The van der Waals surface area contributed by atoms with Crippen LogP contribution in [0.25, 0.3) is 10.9 Å². The van der Waals surface area contributed by atoms with Gasteiger partial charge in [0.2, 0.25) is 0 Å². The molecule has 3 aromatic rings. The molecule has 2 N–H and O–H groups in total. The van der Waals surface area contributed by atoms with Gasteiger partial charge in [0.05, 0.1) is 11.7 Å². The van der Waals surface area contributed by atoms with Crippen molar-refractivity contribution in [3.63, 3.8) is 0 Å². The average Bonchev–Trinajstić information content (AvgIpc) is 3.14. The zero-order chi connectivity index (χ0) is 20.9. The third-order valence-corrected chi connectivity index (χ3v) is 5.69. The number of nitrogens with one attached hydrogen (secondary N) is 2. The number of likely N-dealkylation sites (tertiary alicyclic amines) is 1. The maximum Gasteiger partial charge on any atom is 0.313 e. The van der Waals surface area contributed by atoms with Crippen LogP contribution in [0.1, 0.15) is 24.8 Å². The lowest BCUT2D eigenvalue weighted by Crippen LogP contribution is -2.48. The van der Waals surface area contributed by atoms with Crippen molar-refractivity contribution in [2.45, 2.75) is 31.8 Å². The largest absolute Gasteiger partial charge is 0.346 e. The van der Waals surface area contributed by atoms with Crippen LogP contribution < -0.4 is 10.6 Å². The number of hydrogen-bond donors (Lipinski definition) is 2. The molecule has 2 heterocycles. The number of aromatic nitrogens is 2. The van der Waals surface area contributed by atoms with Crippen LogP contribution in [0.5, 0.6) is 0 Å². The van der Waals surface area contributed by atoms with Crippen LogP contribution in [-0.2, 0) is 23.2 Å². The minimum absolute atomic E-state index is 0.237. The number of hydrogen-bond acceptors (Lipinski definition) is 4. The van der Waals surface area contributed by atoms with Gasteiger partial charge in [-0.1, -0.05) is 36.8 Å². The lowest BCUT2D eigenvalue weighted by Gasteiger charge is -2.35. The fraction of sp³-hybridized carbons (Fsp3) is 0.348. The number of aryl methyl sites for hydroxylation is 1. The summed E-state index contributed by atoms with van der Waals surface area (Å²) in [5, 5.41) is 10.7. The van der Waals surface area contributed by atoms with Crippen molar-refractivity contribution in [1.29, 1.82) is 0 Å². The minimum atomic E-state index is -0.651. The molecule has 4 rings (SSSR count). The van der Waals surface area contributed by atoms with Gasteiger partial charge in [0, 0.05) is 37.3 Å². The number of carbonyl (C=O) groups excluding carboxylic acids is 2. The molecule has 1 unspecified atom stereocenters. The Morgan fingerprint density at radius 3 is 2.77 bits per heavy atom. The number of rotatable bonds is 5. The first kappa shape index (κ1) is 20.1. The number of anilines is 1. The number of carbonyl (C=O) groups is 2. The Hall–Kier alpha value is -3.19. The molecule has 7 heteroatoms. The molecule has 30 heavy (non-hydrogen) atoms. The van der Waals surface area contributed by atoms with Crippen molar-refractivity contribution >= 4 is 28.4 Å². The van der Waals surface area contributed by atoms with Crippen molar-refractivity contribution in [1.82, 2.24) is 20.0 Å². The summed E-state index contributed by atoms with van der Waals surface area (Å²) in [7, 11) is 1.84. The number of benzene rings is 2. The number of piperidine rings is 1. The topological polar surface area (TPSA) is 79.3 Å². The van der Waals surface area contributed by atoms with E-state index in [2.05, 4.69) is 32.8 Å². The molecule has 2 aromatic carbocycles. The molecule has 0 saturated carbocycles. The van der Waals surface area contributed by atoms with Crippen molar-refractivity contribution in [3.05, 3.63) is 60.3 Å². The zero-order valence-electron chi connectivity index (χ0n) is 17.2. The summed E-state index contributed by atoms with van der Waals surface area (Å²) in [6, 6.07) is 16.1. The molecule has 2 amide bonds. The molecule has 1 aromatic heterocycles. The highest BCUT2D eigenvalue weighted by atomic mass is 16.2. The van der Waals surface area contributed by atoms with E-state index in [0.717, 1.165) is 43.3 Å². The van der Waals surface area contributed by atoms with E-state index in [-0.39, 0.29) is 6.04 Å². The molecule has 0 spiro atoms. The van der Waals surface area contributed by atoms with Gasteiger partial charge in [0.15, 0.2) is 0 Å². The second-order valence-electron chi connectivity index (χ2n) is 7.81. The molecule has 1 aliphatic rings. The van der Waals surface area contributed by atoms with E-state index in [1.54, 1.807) is 16.9 Å². The highest BCUT2D eigenvalue weighted by Crippen LogP contribution is 2.20. The van der Waals surface area contributed by atoms with Gasteiger partial charge in [-0.2, -0.15) is 5.10 Å². The Morgan fingerprint density at radius 2 is 1.93 bits per heavy atom. The summed E-state index contributed by atoms with van der Waals surface area (Å²) >= 11 is 0. The van der Waals surface area contributed by atoms with E-state index in [0.29, 0.717) is 12.2 Å². The maximum absolute atomic E-state index is 12.4. The molecular formula is C23H27N5O2. The number of amides is 2. The van der Waals surface area contributed by atoms with Crippen molar-refractivity contribution in [2.24, 2.45) is 7.05 Å². The first-order chi connectivity index (χ1) is 14.6. The molecule has 1 atom stereocenters. The Kier molecular flexibility index (Phi) is 6.09.